The molecule has 0 bridgehead atoms. The molecule has 0 amide bonds. The molecule has 0 atom stereocenters. The average Bonchev–Trinajstić information content (AvgIpc) is 3.03. The first-order chi connectivity index (χ1) is 23.7. The fraction of sp³-hybridized carbons (Fsp3) is 0.333. The Morgan fingerprint density at radius 2 is 1.10 bits per heavy atom. The Labute approximate surface area is 309 Å². The fourth-order valence-electron chi connectivity index (χ4n) is 5.54. The summed E-state index contributed by atoms with van der Waals surface area (Å²) in [4.78, 5) is 24.7. The molecule has 7 nitrogen and oxygen atoms in total. The van der Waals surface area contributed by atoms with Crippen LogP contribution in [0.2, 0.25) is 0 Å². The van der Waals surface area contributed by atoms with Crippen LogP contribution in [0.15, 0.2) is 84.9 Å². The van der Waals surface area contributed by atoms with Gasteiger partial charge in [0.15, 0.2) is 0 Å². The zero-order chi connectivity index (χ0) is 36.8. The van der Waals surface area contributed by atoms with Crippen molar-refractivity contribution < 1.29 is 33.3 Å². The predicted octanol–water partition coefficient (Wildman–Crippen LogP) is 13.0. The molecule has 5 aromatic rings. The molecule has 0 aromatic heterocycles. The van der Waals surface area contributed by atoms with E-state index in [-0.39, 0.29) is 5.92 Å². The van der Waals surface area contributed by atoms with Gasteiger partial charge in [0, 0.05) is 20.6 Å². The van der Waals surface area contributed by atoms with Gasteiger partial charge in [-0.25, -0.2) is 9.59 Å². The zero-order valence-electron chi connectivity index (χ0n) is 30.6. The molecule has 0 aliphatic carbocycles. The minimum Gasteiger partial charge on any atom is -0.457 e. The van der Waals surface area contributed by atoms with E-state index in [2.05, 4.69) is 60.7 Å². The van der Waals surface area contributed by atoms with Gasteiger partial charge in [-0.05, 0) is 140 Å². The first-order valence-corrected chi connectivity index (χ1v) is 18.1. The summed E-state index contributed by atoms with van der Waals surface area (Å²) in [6.07, 6.45) is -0.259. The van der Waals surface area contributed by atoms with Crippen molar-refractivity contribution in [3.05, 3.63) is 105 Å². The molecule has 1 aliphatic heterocycles. The van der Waals surface area contributed by atoms with Crippen LogP contribution in [-0.4, -0.2) is 23.5 Å². The number of carbonyl (C=O) groups is 2. The van der Waals surface area contributed by atoms with E-state index >= 15 is 0 Å². The highest BCUT2D eigenvalue weighted by Gasteiger charge is 2.33. The van der Waals surface area contributed by atoms with Gasteiger partial charge in [-0.1, -0.05) is 70.5 Å². The molecule has 50 heavy (non-hydrogen) atoms. The fourth-order valence-corrected chi connectivity index (χ4v) is 6.11. The van der Waals surface area contributed by atoms with E-state index in [1.807, 2.05) is 62.4 Å². The monoisotopic (exact) mass is 790 g/mol. The molecular formula is C42H47IO7. The van der Waals surface area contributed by atoms with Crippen molar-refractivity contribution in [2.45, 2.75) is 92.8 Å². The standard InChI is InChI=1S/C37H33IO7.C3H8.C2H6/c1-36(2,3)44-34(39)41-25-12-14-27-21(19-25)10-16-29-32(27)31(23-8-7-9-24(38)18-23)33-28-15-13-26(42-35(40)45-37(4,5)6)20-22(28)11-17-30(33)43-29;1-3-2;1-2/h7-20,31H,1-6H3;3H2,1-2H3;1-2H3. The van der Waals surface area contributed by atoms with Crippen LogP contribution in [0.4, 0.5) is 9.59 Å². The number of fused-ring (bicyclic) bond motifs is 6. The quantitative estimate of drug-likeness (QED) is 0.100. The van der Waals surface area contributed by atoms with E-state index in [4.69, 9.17) is 23.7 Å². The maximum atomic E-state index is 12.4. The van der Waals surface area contributed by atoms with Gasteiger partial charge in [-0.2, -0.15) is 0 Å². The summed E-state index contributed by atoms with van der Waals surface area (Å²) in [6.45, 7) is 19.0. The van der Waals surface area contributed by atoms with Gasteiger partial charge in [-0.3, -0.25) is 0 Å². The topological polar surface area (TPSA) is 80.3 Å². The Hall–Kier alpha value is -4.31. The van der Waals surface area contributed by atoms with Crippen molar-refractivity contribution >= 4 is 56.4 Å². The van der Waals surface area contributed by atoms with Gasteiger partial charge in [0.05, 0.1) is 0 Å². The summed E-state index contributed by atoms with van der Waals surface area (Å²) in [6, 6.07) is 27.4. The van der Waals surface area contributed by atoms with E-state index < -0.39 is 23.5 Å². The van der Waals surface area contributed by atoms with Crippen LogP contribution in [0.1, 0.15) is 98.3 Å². The normalized spacial score (nSPS) is 12.2. The lowest BCUT2D eigenvalue weighted by atomic mass is 9.78. The summed E-state index contributed by atoms with van der Waals surface area (Å²) in [5, 5.41) is 3.73. The first kappa shape index (κ1) is 38.5. The van der Waals surface area contributed by atoms with Crippen LogP contribution in [-0.2, 0) is 9.47 Å². The lowest BCUT2D eigenvalue weighted by Gasteiger charge is -2.31. The van der Waals surface area contributed by atoms with Crippen molar-refractivity contribution in [2.75, 3.05) is 0 Å². The molecule has 0 spiro atoms. The van der Waals surface area contributed by atoms with Gasteiger partial charge in [0.25, 0.3) is 0 Å². The van der Waals surface area contributed by atoms with E-state index in [0.717, 1.165) is 53.3 Å². The molecule has 0 saturated carbocycles. The zero-order valence-corrected chi connectivity index (χ0v) is 32.8. The molecular weight excluding hydrogens is 743 g/mol. The van der Waals surface area contributed by atoms with Crippen molar-refractivity contribution in [3.63, 3.8) is 0 Å². The SMILES string of the molecule is CC.CC(C)(C)OC(=O)Oc1ccc2c3c(ccc2c1)Oc1ccc2cc(OC(=O)OC(C)(C)C)ccc2c1C3c1cccc(I)c1.CCC. The molecule has 8 heteroatoms. The lowest BCUT2D eigenvalue weighted by molar-refractivity contribution is 0.0193. The molecule has 0 fully saturated rings. The minimum absolute atomic E-state index is 0.180. The van der Waals surface area contributed by atoms with Gasteiger partial charge in [0.2, 0.25) is 0 Å². The van der Waals surface area contributed by atoms with Crippen LogP contribution in [0.3, 0.4) is 0 Å². The Morgan fingerprint density at radius 1 is 0.660 bits per heavy atom. The second-order valence-electron chi connectivity index (χ2n) is 13.7. The number of rotatable bonds is 3. The first-order valence-electron chi connectivity index (χ1n) is 17.0. The molecule has 1 aliphatic rings. The van der Waals surface area contributed by atoms with Crippen molar-refractivity contribution in [1.29, 1.82) is 0 Å². The Bertz CT molecular complexity index is 1870. The smallest absolute Gasteiger partial charge is 0.457 e. The highest BCUT2D eigenvalue weighted by atomic mass is 127. The molecule has 1 heterocycles. The second-order valence-corrected chi connectivity index (χ2v) is 14.9. The predicted molar refractivity (Wildman–Crippen MR) is 209 cm³/mol. The molecule has 0 N–H and O–H groups in total. The van der Waals surface area contributed by atoms with Crippen LogP contribution >= 0.6 is 22.6 Å². The number of halogens is 1. The van der Waals surface area contributed by atoms with E-state index in [1.165, 1.54) is 6.42 Å². The van der Waals surface area contributed by atoms with Crippen LogP contribution in [0.5, 0.6) is 23.0 Å². The maximum Gasteiger partial charge on any atom is 0.514 e. The largest absolute Gasteiger partial charge is 0.514 e. The van der Waals surface area contributed by atoms with E-state index in [0.29, 0.717) is 11.5 Å². The highest BCUT2D eigenvalue weighted by Crippen LogP contribution is 2.52. The van der Waals surface area contributed by atoms with Gasteiger partial charge in [-0.15, -0.1) is 0 Å². The van der Waals surface area contributed by atoms with Crippen LogP contribution in [0, 0.1) is 3.57 Å². The number of hydrogen-bond acceptors (Lipinski definition) is 7. The van der Waals surface area contributed by atoms with Crippen molar-refractivity contribution in [2.24, 2.45) is 0 Å². The third kappa shape index (κ3) is 9.47. The highest BCUT2D eigenvalue weighted by molar-refractivity contribution is 14.1. The number of carbonyl (C=O) groups excluding carboxylic acids is 2. The average molecular weight is 791 g/mol. The molecule has 0 saturated heterocycles. The van der Waals surface area contributed by atoms with Gasteiger partial charge < -0.3 is 23.7 Å². The molecule has 0 unspecified atom stereocenters. The van der Waals surface area contributed by atoms with E-state index in [1.54, 1.807) is 53.7 Å². The molecule has 6 rings (SSSR count). The lowest BCUT2D eigenvalue weighted by Crippen LogP contribution is -2.25. The third-order valence-corrected chi connectivity index (χ3v) is 7.82. The molecule has 5 aromatic carbocycles. The Balaban J connectivity index is 0.00000107. The number of hydrogen-bond donors (Lipinski definition) is 0. The third-order valence-electron chi connectivity index (χ3n) is 7.15. The summed E-state index contributed by atoms with van der Waals surface area (Å²) in [7, 11) is 0. The van der Waals surface area contributed by atoms with Crippen LogP contribution in [0.25, 0.3) is 21.5 Å². The van der Waals surface area contributed by atoms with E-state index in [9.17, 15) is 9.59 Å². The molecule has 0 radical (unpaired) electrons. The Morgan fingerprint density at radius 3 is 1.50 bits per heavy atom. The maximum absolute atomic E-state index is 12.4. The molecule has 264 valence electrons. The number of ether oxygens (including phenoxy) is 5. The van der Waals surface area contributed by atoms with Gasteiger partial charge in [0.1, 0.15) is 34.2 Å². The van der Waals surface area contributed by atoms with Crippen molar-refractivity contribution in [3.8, 4) is 23.0 Å². The summed E-state index contributed by atoms with van der Waals surface area (Å²) < 4.78 is 29.4. The van der Waals surface area contributed by atoms with Crippen LogP contribution < -0.4 is 14.2 Å². The van der Waals surface area contributed by atoms with Crippen molar-refractivity contribution in [1.82, 2.24) is 0 Å². The minimum atomic E-state index is -0.754. The summed E-state index contributed by atoms with van der Waals surface area (Å²) in [5.74, 6) is 2.11. The number of benzene rings is 5. The Kier molecular flexibility index (Phi) is 12.4. The van der Waals surface area contributed by atoms with Gasteiger partial charge >= 0.3 is 12.3 Å². The summed E-state index contributed by atoms with van der Waals surface area (Å²) in [5.41, 5.74) is 1.79. The summed E-state index contributed by atoms with van der Waals surface area (Å²) >= 11 is 2.33. The second kappa shape index (κ2) is 16.1.